The van der Waals surface area contributed by atoms with Crippen molar-refractivity contribution in [3.8, 4) is 0 Å². The molecule has 0 atom stereocenters. The Morgan fingerprint density at radius 2 is 1.88 bits per heavy atom. The summed E-state index contributed by atoms with van der Waals surface area (Å²) in [6.45, 7) is 4.52. The lowest BCUT2D eigenvalue weighted by molar-refractivity contribution is 0.552. The molecule has 0 fully saturated rings. The van der Waals surface area contributed by atoms with Gasteiger partial charge in [0.2, 0.25) is 0 Å². The van der Waals surface area contributed by atoms with Gasteiger partial charge in [0, 0.05) is 0 Å². The van der Waals surface area contributed by atoms with Crippen molar-refractivity contribution in [2.45, 2.75) is 33.1 Å². The molecule has 1 heteroatoms. The lowest BCUT2D eigenvalue weighted by Crippen LogP contribution is -1.86. The molecule has 0 rings (SSSR count). The highest BCUT2D eigenvalue weighted by Crippen LogP contribution is 2.05. The van der Waals surface area contributed by atoms with Crippen LogP contribution in [-0.4, -0.2) is 5.75 Å². The number of rotatable bonds is 4. The highest BCUT2D eigenvalue weighted by molar-refractivity contribution is 7.80. The summed E-state index contributed by atoms with van der Waals surface area (Å²) in [6.07, 6.45) is 3.99. The molecule has 0 aliphatic carbocycles. The van der Waals surface area contributed by atoms with Crippen molar-refractivity contribution in [3.05, 3.63) is 0 Å². The van der Waals surface area contributed by atoms with Crippen LogP contribution in [0.15, 0.2) is 0 Å². The zero-order chi connectivity index (χ0) is 6.41. The quantitative estimate of drug-likeness (QED) is 0.441. The second-order valence-electron chi connectivity index (χ2n) is 2.61. The third kappa shape index (κ3) is 6.35. The first-order valence-electron chi connectivity index (χ1n) is 3.38. The Bertz CT molecular complexity index is 41.7. The van der Waals surface area contributed by atoms with Crippen molar-refractivity contribution in [1.82, 2.24) is 0 Å². The second kappa shape index (κ2) is 5.49. The molecular formula is C7H16S. The van der Waals surface area contributed by atoms with Gasteiger partial charge >= 0.3 is 0 Å². The van der Waals surface area contributed by atoms with E-state index in [1.54, 1.807) is 0 Å². The van der Waals surface area contributed by atoms with Crippen LogP contribution in [0.3, 0.4) is 0 Å². The molecule has 0 aliphatic rings. The van der Waals surface area contributed by atoms with E-state index in [-0.39, 0.29) is 0 Å². The summed E-state index contributed by atoms with van der Waals surface area (Å²) in [6, 6.07) is 0. The van der Waals surface area contributed by atoms with Gasteiger partial charge in [0.1, 0.15) is 0 Å². The monoisotopic (exact) mass is 132 g/mol. The van der Waals surface area contributed by atoms with Gasteiger partial charge in [-0.2, -0.15) is 12.6 Å². The zero-order valence-electron chi connectivity index (χ0n) is 5.85. The molecule has 0 spiro atoms. The molecule has 0 aliphatic heterocycles. The zero-order valence-corrected chi connectivity index (χ0v) is 6.75. The van der Waals surface area contributed by atoms with E-state index in [1.807, 2.05) is 0 Å². The Balaban J connectivity index is 2.72. The van der Waals surface area contributed by atoms with E-state index >= 15 is 0 Å². The number of unbranched alkanes of at least 4 members (excludes halogenated alkanes) is 1. The third-order valence-electron chi connectivity index (χ3n) is 1.19. The molecule has 0 nitrogen and oxygen atoms in total. The first kappa shape index (κ1) is 8.35. The van der Waals surface area contributed by atoms with E-state index in [0.29, 0.717) is 0 Å². The number of thiol groups is 1. The molecule has 8 heavy (non-hydrogen) atoms. The van der Waals surface area contributed by atoms with Crippen molar-refractivity contribution in [2.24, 2.45) is 5.92 Å². The van der Waals surface area contributed by atoms with Crippen LogP contribution in [0.4, 0.5) is 0 Å². The molecule has 0 unspecified atom stereocenters. The summed E-state index contributed by atoms with van der Waals surface area (Å²) >= 11 is 4.12. The summed E-state index contributed by atoms with van der Waals surface area (Å²) < 4.78 is 0. The van der Waals surface area contributed by atoms with Crippen molar-refractivity contribution in [3.63, 3.8) is 0 Å². The minimum atomic E-state index is 0.870. The lowest BCUT2D eigenvalue weighted by Gasteiger charge is -2.00. The fourth-order valence-corrected chi connectivity index (χ4v) is 0.888. The molecule has 50 valence electrons. The van der Waals surface area contributed by atoms with Gasteiger partial charge in [-0.05, 0) is 18.1 Å². The lowest BCUT2D eigenvalue weighted by atomic mass is 10.1. The normalized spacial score (nSPS) is 10.5. The maximum absolute atomic E-state index is 4.12. The third-order valence-corrected chi connectivity index (χ3v) is 1.51. The summed E-state index contributed by atoms with van der Waals surface area (Å²) in [5, 5.41) is 0. The SMILES string of the molecule is CC(C)CCCCS. The van der Waals surface area contributed by atoms with Crippen LogP contribution >= 0.6 is 12.6 Å². The van der Waals surface area contributed by atoms with E-state index in [0.717, 1.165) is 11.7 Å². The van der Waals surface area contributed by atoms with E-state index in [4.69, 9.17) is 0 Å². The predicted molar refractivity (Wildman–Crippen MR) is 42.5 cm³/mol. The Labute approximate surface area is 58.1 Å². The van der Waals surface area contributed by atoms with Gasteiger partial charge in [0.05, 0.1) is 0 Å². The molecule has 0 saturated carbocycles. The van der Waals surface area contributed by atoms with E-state index < -0.39 is 0 Å². The van der Waals surface area contributed by atoms with Gasteiger partial charge in [0.25, 0.3) is 0 Å². The number of hydrogen-bond acceptors (Lipinski definition) is 1. The highest BCUT2D eigenvalue weighted by atomic mass is 32.1. The molecule has 0 N–H and O–H groups in total. The Morgan fingerprint density at radius 3 is 2.25 bits per heavy atom. The fraction of sp³-hybridized carbons (Fsp3) is 1.00. The molecule has 0 aromatic carbocycles. The van der Waals surface area contributed by atoms with Crippen LogP contribution in [-0.2, 0) is 0 Å². The van der Waals surface area contributed by atoms with Crippen LogP contribution in [0.1, 0.15) is 33.1 Å². The van der Waals surface area contributed by atoms with Gasteiger partial charge in [-0.1, -0.05) is 26.7 Å². The maximum Gasteiger partial charge on any atom is -0.00979 e. The van der Waals surface area contributed by atoms with Crippen molar-refractivity contribution in [2.75, 3.05) is 5.75 Å². The fourth-order valence-electron chi connectivity index (χ4n) is 0.664. The van der Waals surface area contributed by atoms with Crippen LogP contribution in [0.5, 0.6) is 0 Å². The van der Waals surface area contributed by atoms with Gasteiger partial charge in [-0.25, -0.2) is 0 Å². The minimum absolute atomic E-state index is 0.870. The Morgan fingerprint density at radius 1 is 1.25 bits per heavy atom. The average Bonchev–Trinajstić information content (AvgIpc) is 1.66. The molecule has 0 radical (unpaired) electrons. The Hall–Kier alpha value is 0.350. The first-order valence-corrected chi connectivity index (χ1v) is 4.01. The van der Waals surface area contributed by atoms with Gasteiger partial charge in [-0.15, -0.1) is 0 Å². The van der Waals surface area contributed by atoms with E-state index in [2.05, 4.69) is 26.5 Å². The first-order chi connectivity index (χ1) is 3.77. The maximum atomic E-state index is 4.12. The Kier molecular flexibility index (Phi) is 5.73. The minimum Gasteiger partial charge on any atom is -0.179 e. The van der Waals surface area contributed by atoms with E-state index in [9.17, 15) is 0 Å². The van der Waals surface area contributed by atoms with Gasteiger partial charge in [-0.3, -0.25) is 0 Å². The topological polar surface area (TPSA) is 0 Å². The molecule has 0 amide bonds. The molecular weight excluding hydrogens is 116 g/mol. The van der Waals surface area contributed by atoms with Gasteiger partial charge in [0.15, 0.2) is 0 Å². The van der Waals surface area contributed by atoms with Crippen LogP contribution in [0.25, 0.3) is 0 Å². The summed E-state index contributed by atoms with van der Waals surface area (Å²) in [7, 11) is 0. The molecule has 0 heterocycles. The van der Waals surface area contributed by atoms with Crippen molar-refractivity contribution in [1.29, 1.82) is 0 Å². The molecule has 0 bridgehead atoms. The van der Waals surface area contributed by atoms with Crippen molar-refractivity contribution < 1.29 is 0 Å². The highest BCUT2D eigenvalue weighted by Gasteiger charge is 1.90. The molecule has 0 saturated heterocycles. The molecule has 0 aromatic heterocycles. The van der Waals surface area contributed by atoms with Crippen LogP contribution in [0.2, 0.25) is 0 Å². The van der Waals surface area contributed by atoms with Crippen LogP contribution in [0, 0.1) is 5.92 Å². The van der Waals surface area contributed by atoms with Crippen molar-refractivity contribution >= 4 is 12.6 Å². The van der Waals surface area contributed by atoms with Gasteiger partial charge < -0.3 is 0 Å². The standard InChI is InChI=1S/C7H16S/c1-7(2)5-3-4-6-8/h7-8H,3-6H2,1-2H3. The van der Waals surface area contributed by atoms with E-state index in [1.165, 1.54) is 19.3 Å². The smallest absolute Gasteiger partial charge is 0.00979 e. The second-order valence-corrected chi connectivity index (χ2v) is 3.06. The predicted octanol–water partition coefficient (Wildman–Crippen LogP) is 2.74. The largest absolute Gasteiger partial charge is 0.179 e. The summed E-state index contributed by atoms with van der Waals surface area (Å²) in [5.41, 5.74) is 0. The molecule has 0 aromatic rings. The average molecular weight is 132 g/mol. The number of hydrogen-bond donors (Lipinski definition) is 1. The summed E-state index contributed by atoms with van der Waals surface area (Å²) in [5.74, 6) is 1.92. The van der Waals surface area contributed by atoms with Crippen LogP contribution < -0.4 is 0 Å². The summed E-state index contributed by atoms with van der Waals surface area (Å²) in [4.78, 5) is 0.